The fourth-order valence-corrected chi connectivity index (χ4v) is 3.50. The van der Waals surface area contributed by atoms with Gasteiger partial charge in [0.25, 0.3) is 0 Å². The molecule has 166 valence electrons. The van der Waals surface area contributed by atoms with Gasteiger partial charge in [0, 0.05) is 18.7 Å². The van der Waals surface area contributed by atoms with Crippen LogP contribution < -0.4 is 4.72 Å². The zero-order valence-corrected chi connectivity index (χ0v) is 17.9. The van der Waals surface area contributed by atoms with Crippen LogP contribution in [0.15, 0.2) is 24.3 Å². The standard InChI is InChI=1S/C18H21ClF3N3O4S/c1-3-4-5-15-23-17(19)14(10-16(26)29-2)25(15)11-12-6-8-13(9-7-12)24-30(27,28)18(20,21)22/h6-9,24H,3-5,10-11H2,1-2H3. The summed E-state index contributed by atoms with van der Waals surface area (Å²) in [5.74, 6) is 0.180. The molecule has 7 nitrogen and oxygen atoms in total. The number of halogens is 4. The first kappa shape index (κ1) is 24.0. The number of unbranched alkanes of at least 4 members (excludes halogenated alkanes) is 1. The third kappa shape index (κ3) is 5.88. The number of anilines is 1. The Bertz CT molecular complexity index is 989. The van der Waals surface area contributed by atoms with Crippen LogP contribution in [-0.2, 0) is 38.9 Å². The minimum Gasteiger partial charge on any atom is -0.469 e. The minimum atomic E-state index is -5.49. The number of aryl methyl sites for hydroxylation is 1. The van der Waals surface area contributed by atoms with Crippen molar-refractivity contribution in [2.75, 3.05) is 11.8 Å². The van der Waals surface area contributed by atoms with E-state index in [1.165, 1.54) is 36.1 Å². The maximum atomic E-state index is 12.5. The van der Waals surface area contributed by atoms with Crippen molar-refractivity contribution in [1.29, 1.82) is 0 Å². The van der Waals surface area contributed by atoms with Crippen LogP contribution in [0.5, 0.6) is 0 Å². The van der Waals surface area contributed by atoms with Gasteiger partial charge in [-0.3, -0.25) is 9.52 Å². The van der Waals surface area contributed by atoms with E-state index in [0.717, 1.165) is 12.8 Å². The third-order valence-corrected chi connectivity index (χ3v) is 5.66. The molecule has 0 fully saturated rings. The van der Waals surface area contributed by atoms with Gasteiger partial charge in [0.2, 0.25) is 0 Å². The normalized spacial score (nSPS) is 12.1. The van der Waals surface area contributed by atoms with Gasteiger partial charge in [-0.15, -0.1) is 0 Å². The number of carbonyl (C=O) groups excluding carboxylic acids is 1. The Hall–Kier alpha value is -2.27. The second-order valence-corrected chi connectivity index (χ2v) is 8.49. The molecular weight excluding hydrogens is 447 g/mol. The number of rotatable bonds is 9. The Morgan fingerprint density at radius 2 is 1.90 bits per heavy atom. The molecule has 2 aromatic rings. The molecule has 0 atom stereocenters. The molecule has 2 rings (SSSR count). The highest BCUT2D eigenvalue weighted by atomic mass is 35.5. The van der Waals surface area contributed by atoms with Crippen molar-refractivity contribution < 1.29 is 31.1 Å². The zero-order chi connectivity index (χ0) is 22.5. The van der Waals surface area contributed by atoms with E-state index in [4.69, 9.17) is 16.3 Å². The van der Waals surface area contributed by atoms with Gasteiger partial charge in [0.05, 0.1) is 19.2 Å². The lowest BCUT2D eigenvalue weighted by Crippen LogP contribution is -2.29. The second kappa shape index (κ2) is 9.69. The van der Waals surface area contributed by atoms with Gasteiger partial charge in [-0.25, -0.2) is 4.98 Å². The van der Waals surface area contributed by atoms with Crippen molar-refractivity contribution >= 4 is 33.3 Å². The van der Waals surface area contributed by atoms with Gasteiger partial charge in [-0.1, -0.05) is 37.1 Å². The lowest BCUT2D eigenvalue weighted by atomic mass is 10.2. The van der Waals surface area contributed by atoms with Gasteiger partial charge in [0.15, 0.2) is 5.15 Å². The Morgan fingerprint density at radius 3 is 2.43 bits per heavy atom. The number of aromatic nitrogens is 2. The molecule has 0 bridgehead atoms. The fraction of sp³-hybridized carbons (Fsp3) is 0.444. The van der Waals surface area contributed by atoms with Gasteiger partial charge in [-0.05, 0) is 24.1 Å². The maximum Gasteiger partial charge on any atom is 0.516 e. The molecule has 0 aliphatic rings. The predicted molar refractivity (Wildman–Crippen MR) is 106 cm³/mol. The maximum absolute atomic E-state index is 12.5. The smallest absolute Gasteiger partial charge is 0.469 e. The van der Waals surface area contributed by atoms with Crippen molar-refractivity contribution in [3.63, 3.8) is 0 Å². The number of ether oxygens (including phenoxy) is 1. The largest absolute Gasteiger partial charge is 0.516 e. The number of esters is 1. The van der Waals surface area contributed by atoms with Crippen molar-refractivity contribution in [3.05, 3.63) is 46.5 Å². The van der Waals surface area contributed by atoms with Crippen LogP contribution in [0.4, 0.5) is 18.9 Å². The van der Waals surface area contributed by atoms with Crippen LogP contribution in [0, 0.1) is 0 Å². The summed E-state index contributed by atoms with van der Waals surface area (Å²) in [6, 6.07) is 5.41. The highest BCUT2D eigenvalue weighted by Crippen LogP contribution is 2.26. The molecule has 30 heavy (non-hydrogen) atoms. The average Bonchev–Trinajstić information content (AvgIpc) is 2.95. The number of sulfonamides is 1. The second-order valence-electron chi connectivity index (χ2n) is 6.46. The quantitative estimate of drug-likeness (QED) is 0.565. The van der Waals surface area contributed by atoms with Gasteiger partial charge in [0.1, 0.15) is 5.82 Å². The van der Waals surface area contributed by atoms with E-state index in [2.05, 4.69) is 4.98 Å². The van der Waals surface area contributed by atoms with Crippen LogP contribution in [0.25, 0.3) is 0 Å². The van der Waals surface area contributed by atoms with Crippen molar-refractivity contribution in [2.24, 2.45) is 0 Å². The molecule has 1 aromatic heterocycles. The van der Waals surface area contributed by atoms with Gasteiger partial charge in [-0.2, -0.15) is 21.6 Å². The van der Waals surface area contributed by atoms with Crippen LogP contribution in [0.1, 0.15) is 36.8 Å². The minimum absolute atomic E-state index is 0.0854. The molecular formula is C18H21ClF3N3O4S. The Kier molecular flexibility index (Phi) is 7.75. The Morgan fingerprint density at radius 1 is 1.27 bits per heavy atom. The highest BCUT2D eigenvalue weighted by molar-refractivity contribution is 7.93. The van der Waals surface area contributed by atoms with E-state index in [0.29, 0.717) is 23.5 Å². The third-order valence-electron chi connectivity index (χ3n) is 4.25. The number of benzene rings is 1. The molecule has 1 N–H and O–H groups in total. The van der Waals surface area contributed by atoms with Crippen LogP contribution in [0.3, 0.4) is 0 Å². The molecule has 0 saturated carbocycles. The van der Waals surface area contributed by atoms with Crippen LogP contribution in [-0.4, -0.2) is 36.6 Å². The predicted octanol–water partition coefficient (Wildman–Crippen LogP) is 3.90. The Labute approximate surface area is 177 Å². The summed E-state index contributed by atoms with van der Waals surface area (Å²) >= 11 is 6.21. The summed E-state index contributed by atoms with van der Waals surface area (Å²) in [4.78, 5) is 16.1. The lowest BCUT2D eigenvalue weighted by molar-refractivity contribution is -0.139. The number of imidazole rings is 1. The van der Waals surface area contributed by atoms with E-state index in [1.54, 1.807) is 4.57 Å². The fourth-order valence-electron chi connectivity index (χ4n) is 2.67. The first-order chi connectivity index (χ1) is 14.0. The van der Waals surface area contributed by atoms with E-state index in [-0.39, 0.29) is 23.8 Å². The number of hydrogen-bond donors (Lipinski definition) is 1. The zero-order valence-electron chi connectivity index (χ0n) is 16.3. The summed E-state index contributed by atoms with van der Waals surface area (Å²) in [7, 11) is -4.23. The molecule has 12 heteroatoms. The summed E-state index contributed by atoms with van der Waals surface area (Å²) in [5, 5.41) is 0.182. The number of carbonyl (C=O) groups is 1. The van der Waals surface area contributed by atoms with Crippen LogP contribution in [0.2, 0.25) is 5.15 Å². The number of nitrogens with one attached hydrogen (secondary N) is 1. The monoisotopic (exact) mass is 467 g/mol. The van der Waals surface area contributed by atoms with Gasteiger partial charge >= 0.3 is 21.5 Å². The van der Waals surface area contributed by atoms with E-state index in [9.17, 15) is 26.4 Å². The highest BCUT2D eigenvalue weighted by Gasteiger charge is 2.46. The summed E-state index contributed by atoms with van der Waals surface area (Å²) in [6.07, 6.45) is 2.31. The number of alkyl halides is 3. The molecule has 0 saturated heterocycles. The van der Waals surface area contributed by atoms with E-state index >= 15 is 0 Å². The molecule has 0 unspecified atom stereocenters. The van der Waals surface area contributed by atoms with Gasteiger partial charge < -0.3 is 9.30 Å². The molecule has 0 radical (unpaired) electrons. The summed E-state index contributed by atoms with van der Waals surface area (Å²) < 4.78 is 67.9. The first-order valence-corrected chi connectivity index (χ1v) is 10.8. The van der Waals surface area contributed by atoms with E-state index in [1.807, 2.05) is 6.92 Å². The number of hydrogen-bond acceptors (Lipinski definition) is 5. The average molecular weight is 468 g/mol. The molecule has 1 aromatic carbocycles. The number of nitrogens with zero attached hydrogens (tertiary/aromatic N) is 2. The molecule has 0 aliphatic heterocycles. The number of methoxy groups -OCH3 is 1. The Balaban J connectivity index is 2.29. The van der Waals surface area contributed by atoms with Crippen molar-refractivity contribution in [3.8, 4) is 0 Å². The topological polar surface area (TPSA) is 90.3 Å². The molecule has 0 aliphatic carbocycles. The first-order valence-electron chi connectivity index (χ1n) is 8.97. The molecule has 0 spiro atoms. The van der Waals surface area contributed by atoms with Crippen molar-refractivity contribution in [1.82, 2.24) is 9.55 Å². The summed E-state index contributed by atoms with van der Waals surface area (Å²) in [6.45, 7) is 2.27. The SMILES string of the molecule is CCCCc1nc(Cl)c(CC(=O)OC)n1Cc1ccc(NS(=O)(=O)C(F)(F)F)cc1. The lowest BCUT2D eigenvalue weighted by Gasteiger charge is -2.13. The molecule has 1 heterocycles. The van der Waals surface area contributed by atoms with E-state index < -0.39 is 21.5 Å². The summed E-state index contributed by atoms with van der Waals surface area (Å²) in [5.41, 5.74) is -4.50. The van der Waals surface area contributed by atoms with Crippen LogP contribution >= 0.6 is 11.6 Å². The van der Waals surface area contributed by atoms with Crippen molar-refractivity contribution in [2.45, 2.75) is 44.7 Å². The molecule has 0 amide bonds.